The Bertz CT molecular complexity index is 617. The highest BCUT2D eigenvalue weighted by atomic mass is 79.9. The maximum atomic E-state index is 12.2. The van der Waals surface area contributed by atoms with E-state index in [0.29, 0.717) is 18.8 Å². The molecule has 0 bridgehead atoms. The number of hydrogen-bond donors (Lipinski definition) is 1. The van der Waals surface area contributed by atoms with Crippen molar-refractivity contribution >= 4 is 21.7 Å². The monoisotopic (exact) mass is 340 g/mol. The quantitative estimate of drug-likeness (QED) is 0.782. The minimum Gasteiger partial charge on any atom is -0.329 e. The lowest BCUT2D eigenvalue weighted by atomic mass is 10.1. The largest absolute Gasteiger partial charge is 0.329 e. The molecule has 20 heavy (non-hydrogen) atoms. The standard InChI is InChI=1S/C12H17BrN6O/c1-3-8-12(13)10(18(2)16-8)6-11(20)9-7-19(5-4-14)17-15-9/h7H,3-6,14H2,1-2H3. The van der Waals surface area contributed by atoms with Crippen LogP contribution in [0.1, 0.15) is 28.8 Å². The molecule has 0 unspecified atom stereocenters. The van der Waals surface area contributed by atoms with Crippen LogP contribution in [0.3, 0.4) is 0 Å². The molecule has 2 aromatic rings. The van der Waals surface area contributed by atoms with Crippen LogP contribution in [0.2, 0.25) is 0 Å². The Morgan fingerprint density at radius 3 is 2.85 bits per heavy atom. The summed E-state index contributed by atoms with van der Waals surface area (Å²) < 4.78 is 4.19. The zero-order valence-corrected chi connectivity index (χ0v) is 13.1. The maximum Gasteiger partial charge on any atom is 0.190 e. The molecule has 0 saturated carbocycles. The first kappa shape index (κ1) is 14.9. The second-order valence-corrected chi connectivity index (χ2v) is 5.23. The van der Waals surface area contributed by atoms with Crippen LogP contribution in [0.5, 0.6) is 0 Å². The Hall–Kier alpha value is -1.54. The van der Waals surface area contributed by atoms with Crippen LogP contribution < -0.4 is 5.73 Å². The molecule has 2 N–H and O–H groups in total. The van der Waals surface area contributed by atoms with Crippen LogP contribution in [0.25, 0.3) is 0 Å². The molecule has 0 aliphatic carbocycles. The molecule has 2 heterocycles. The molecular formula is C12H17BrN6O. The fourth-order valence-electron chi connectivity index (χ4n) is 1.92. The highest BCUT2D eigenvalue weighted by molar-refractivity contribution is 9.10. The summed E-state index contributed by atoms with van der Waals surface area (Å²) in [5.74, 6) is -0.0837. The second kappa shape index (κ2) is 6.27. The molecule has 0 aromatic carbocycles. The van der Waals surface area contributed by atoms with Crippen molar-refractivity contribution in [3.05, 3.63) is 27.8 Å². The number of rotatable bonds is 6. The van der Waals surface area contributed by atoms with E-state index in [-0.39, 0.29) is 12.2 Å². The van der Waals surface area contributed by atoms with Crippen LogP contribution in [-0.4, -0.2) is 37.1 Å². The van der Waals surface area contributed by atoms with Gasteiger partial charge in [0.25, 0.3) is 0 Å². The number of halogens is 1. The van der Waals surface area contributed by atoms with E-state index >= 15 is 0 Å². The van der Waals surface area contributed by atoms with Crippen molar-refractivity contribution in [2.75, 3.05) is 6.54 Å². The van der Waals surface area contributed by atoms with E-state index in [1.165, 1.54) is 0 Å². The molecule has 0 spiro atoms. The number of ketones is 1. The lowest BCUT2D eigenvalue weighted by molar-refractivity contribution is 0.0985. The number of Topliss-reactive ketones (excluding diaryl/α,β-unsaturated/α-hetero) is 1. The number of hydrogen-bond acceptors (Lipinski definition) is 5. The van der Waals surface area contributed by atoms with E-state index in [2.05, 4.69) is 31.3 Å². The third kappa shape index (κ3) is 2.96. The first-order valence-corrected chi connectivity index (χ1v) is 7.19. The fraction of sp³-hybridized carbons (Fsp3) is 0.500. The third-order valence-electron chi connectivity index (χ3n) is 3.01. The van der Waals surface area contributed by atoms with Gasteiger partial charge in [0.05, 0.1) is 35.0 Å². The number of carbonyl (C=O) groups is 1. The minimum absolute atomic E-state index is 0.0837. The van der Waals surface area contributed by atoms with Gasteiger partial charge in [0.2, 0.25) is 0 Å². The van der Waals surface area contributed by atoms with E-state index in [0.717, 1.165) is 22.3 Å². The summed E-state index contributed by atoms with van der Waals surface area (Å²) in [6.07, 6.45) is 2.68. The molecule has 0 radical (unpaired) electrons. The predicted octanol–water partition coefficient (Wildman–Crippen LogP) is 0.721. The summed E-state index contributed by atoms with van der Waals surface area (Å²) >= 11 is 3.50. The second-order valence-electron chi connectivity index (χ2n) is 4.44. The first-order valence-electron chi connectivity index (χ1n) is 6.40. The molecule has 0 atom stereocenters. The number of aryl methyl sites for hydroxylation is 2. The van der Waals surface area contributed by atoms with E-state index < -0.39 is 0 Å². The van der Waals surface area contributed by atoms with Gasteiger partial charge in [-0.2, -0.15) is 5.10 Å². The number of aromatic nitrogens is 5. The number of carbonyl (C=O) groups excluding carboxylic acids is 1. The molecule has 7 nitrogen and oxygen atoms in total. The summed E-state index contributed by atoms with van der Waals surface area (Å²) in [6, 6.07) is 0. The van der Waals surface area contributed by atoms with Gasteiger partial charge in [0.1, 0.15) is 5.69 Å². The van der Waals surface area contributed by atoms with Crippen molar-refractivity contribution in [1.29, 1.82) is 0 Å². The molecule has 2 rings (SSSR count). The van der Waals surface area contributed by atoms with Crippen molar-refractivity contribution in [2.45, 2.75) is 26.3 Å². The summed E-state index contributed by atoms with van der Waals surface area (Å²) in [6.45, 7) is 3.04. The average molecular weight is 341 g/mol. The van der Waals surface area contributed by atoms with Crippen LogP contribution >= 0.6 is 15.9 Å². The summed E-state index contributed by atoms with van der Waals surface area (Å²) in [5, 5.41) is 12.1. The fourth-order valence-corrected chi connectivity index (χ4v) is 2.68. The Labute approximate surface area is 125 Å². The molecule has 0 fully saturated rings. The van der Waals surface area contributed by atoms with E-state index in [1.807, 2.05) is 14.0 Å². The highest BCUT2D eigenvalue weighted by Gasteiger charge is 2.18. The maximum absolute atomic E-state index is 12.2. The van der Waals surface area contributed by atoms with Gasteiger partial charge in [0, 0.05) is 13.6 Å². The van der Waals surface area contributed by atoms with E-state index in [9.17, 15) is 4.79 Å². The van der Waals surface area contributed by atoms with Gasteiger partial charge in [-0.1, -0.05) is 12.1 Å². The summed E-state index contributed by atoms with van der Waals surface area (Å²) in [5.41, 5.74) is 7.58. The highest BCUT2D eigenvalue weighted by Crippen LogP contribution is 2.22. The van der Waals surface area contributed by atoms with Crippen LogP contribution in [0, 0.1) is 0 Å². The van der Waals surface area contributed by atoms with Crippen molar-refractivity contribution in [3.8, 4) is 0 Å². The lowest BCUT2D eigenvalue weighted by Crippen LogP contribution is -2.10. The minimum atomic E-state index is -0.0837. The van der Waals surface area contributed by atoms with Gasteiger partial charge in [-0.3, -0.25) is 14.2 Å². The molecular weight excluding hydrogens is 324 g/mol. The topological polar surface area (TPSA) is 91.6 Å². The SMILES string of the molecule is CCc1nn(C)c(CC(=O)c2cn(CCN)nn2)c1Br. The Morgan fingerprint density at radius 2 is 2.25 bits per heavy atom. The van der Waals surface area contributed by atoms with Crippen LogP contribution in [-0.2, 0) is 26.4 Å². The number of nitrogens with two attached hydrogens (primary N) is 1. The van der Waals surface area contributed by atoms with E-state index in [4.69, 9.17) is 5.73 Å². The van der Waals surface area contributed by atoms with Crippen LogP contribution in [0.15, 0.2) is 10.7 Å². The van der Waals surface area contributed by atoms with Crippen LogP contribution in [0.4, 0.5) is 0 Å². The average Bonchev–Trinajstić information content (AvgIpc) is 2.99. The van der Waals surface area contributed by atoms with Crippen molar-refractivity contribution in [1.82, 2.24) is 24.8 Å². The molecule has 108 valence electrons. The Balaban J connectivity index is 2.16. The normalized spacial score (nSPS) is 11.0. The van der Waals surface area contributed by atoms with Gasteiger partial charge in [-0.15, -0.1) is 5.10 Å². The van der Waals surface area contributed by atoms with Gasteiger partial charge in [-0.25, -0.2) is 0 Å². The zero-order valence-electron chi connectivity index (χ0n) is 11.5. The van der Waals surface area contributed by atoms with Crippen molar-refractivity contribution < 1.29 is 4.79 Å². The van der Waals surface area contributed by atoms with Gasteiger partial charge >= 0.3 is 0 Å². The predicted molar refractivity (Wildman–Crippen MR) is 77.4 cm³/mol. The lowest BCUT2D eigenvalue weighted by Gasteiger charge is -2.00. The Morgan fingerprint density at radius 1 is 1.50 bits per heavy atom. The van der Waals surface area contributed by atoms with Crippen molar-refractivity contribution in [3.63, 3.8) is 0 Å². The smallest absolute Gasteiger partial charge is 0.190 e. The van der Waals surface area contributed by atoms with E-state index in [1.54, 1.807) is 15.6 Å². The summed E-state index contributed by atoms with van der Waals surface area (Å²) in [4.78, 5) is 12.2. The van der Waals surface area contributed by atoms with Gasteiger partial charge in [0.15, 0.2) is 5.78 Å². The molecule has 2 aromatic heterocycles. The number of nitrogens with zero attached hydrogens (tertiary/aromatic N) is 5. The third-order valence-corrected chi connectivity index (χ3v) is 3.93. The molecule has 8 heteroatoms. The molecule has 0 saturated heterocycles. The van der Waals surface area contributed by atoms with Crippen molar-refractivity contribution in [2.24, 2.45) is 12.8 Å². The molecule has 0 aliphatic heterocycles. The van der Waals surface area contributed by atoms with Gasteiger partial charge < -0.3 is 5.73 Å². The van der Waals surface area contributed by atoms with Gasteiger partial charge in [-0.05, 0) is 22.4 Å². The first-order chi connectivity index (χ1) is 9.56. The molecule has 0 aliphatic rings. The Kier molecular flexibility index (Phi) is 4.66. The molecule has 0 amide bonds. The zero-order chi connectivity index (χ0) is 14.7. The summed E-state index contributed by atoms with van der Waals surface area (Å²) in [7, 11) is 1.83.